The quantitative estimate of drug-likeness (QED) is 0.108. The second kappa shape index (κ2) is 7.53. The zero-order valence-electron chi connectivity index (χ0n) is 18.8. The molecule has 4 nitrogen and oxygen atoms in total. The Kier molecular flexibility index (Phi) is 4.68. The molecule has 0 fully saturated rings. The SMILES string of the molecule is CCOC(=O)c1c2c(cc3n(C)c4cccc5cccc(c54)[n+]13)c1cccc3cccc2c31.[I-]. The summed E-state index contributed by atoms with van der Waals surface area (Å²) in [7, 11) is 2.07. The monoisotopic (exact) mass is 556 g/mol. The summed E-state index contributed by atoms with van der Waals surface area (Å²) in [5.74, 6) is -0.301. The summed E-state index contributed by atoms with van der Waals surface area (Å²) in [5, 5.41) is 8.94. The molecule has 0 atom stereocenters. The Hall–Kier alpha value is -3.45. The molecule has 0 aliphatic rings. The van der Waals surface area contributed by atoms with Crippen LogP contribution in [-0.4, -0.2) is 17.1 Å². The topological polar surface area (TPSA) is 35.3 Å². The number of hydrogen-bond donors (Lipinski definition) is 0. The van der Waals surface area contributed by atoms with E-state index in [-0.39, 0.29) is 29.9 Å². The van der Waals surface area contributed by atoms with Crippen LogP contribution in [0.5, 0.6) is 0 Å². The highest BCUT2D eigenvalue weighted by molar-refractivity contribution is 6.32. The summed E-state index contributed by atoms with van der Waals surface area (Å²) in [6, 6.07) is 27.5. The lowest BCUT2D eigenvalue weighted by molar-refractivity contribution is -0.487. The van der Waals surface area contributed by atoms with Crippen molar-refractivity contribution in [2.24, 2.45) is 7.05 Å². The van der Waals surface area contributed by atoms with Gasteiger partial charge >= 0.3 is 5.97 Å². The summed E-state index contributed by atoms with van der Waals surface area (Å²) in [6.45, 7) is 2.18. The van der Waals surface area contributed by atoms with Crippen molar-refractivity contribution in [3.05, 3.63) is 84.6 Å². The summed E-state index contributed by atoms with van der Waals surface area (Å²) in [6.07, 6.45) is 0. The molecule has 34 heavy (non-hydrogen) atoms. The number of fused-ring (bicyclic) bond motifs is 5. The predicted molar refractivity (Wildman–Crippen MR) is 133 cm³/mol. The molecular formula is C29H21IN2O2. The molecular weight excluding hydrogens is 535 g/mol. The molecule has 7 aromatic rings. The van der Waals surface area contributed by atoms with Crippen LogP contribution in [0.1, 0.15) is 17.4 Å². The molecule has 0 amide bonds. The Morgan fingerprint density at radius 3 is 2.21 bits per heavy atom. The maximum Gasteiger partial charge on any atom is 0.379 e. The largest absolute Gasteiger partial charge is 1.00 e. The van der Waals surface area contributed by atoms with Crippen molar-refractivity contribution >= 4 is 65.7 Å². The van der Waals surface area contributed by atoms with Crippen molar-refractivity contribution < 1.29 is 37.9 Å². The van der Waals surface area contributed by atoms with Crippen LogP contribution >= 0.6 is 0 Å². The number of nitrogens with zero attached hydrogens (tertiary/aromatic N) is 2. The lowest BCUT2D eigenvalue weighted by atomic mass is 10.1. The van der Waals surface area contributed by atoms with Gasteiger partial charge < -0.3 is 28.7 Å². The number of aromatic nitrogens is 2. The Morgan fingerprint density at radius 1 is 0.824 bits per heavy atom. The van der Waals surface area contributed by atoms with E-state index in [0.29, 0.717) is 12.3 Å². The highest BCUT2D eigenvalue weighted by Crippen LogP contribution is 2.40. The molecule has 2 aromatic heterocycles. The molecule has 0 bridgehead atoms. The van der Waals surface area contributed by atoms with Gasteiger partial charge in [0.25, 0.3) is 5.65 Å². The molecule has 2 heterocycles. The predicted octanol–water partition coefficient (Wildman–Crippen LogP) is 3.15. The van der Waals surface area contributed by atoms with Crippen molar-refractivity contribution in [3.8, 4) is 0 Å². The molecule has 0 aliphatic carbocycles. The van der Waals surface area contributed by atoms with Crippen LogP contribution in [0.15, 0.2) is 78.9 Å². The van der Waals surface area contributed by atoms with Crippen LogP contribution in [0.2, 0.25) is 0 Å². The van der Waals surface area contributed by atoms with Gasteiger partial charge in [-0.2, -0.15) is 4.40 Å². The van der Waals surface area contributed by atoms with Gasteiger partial charge in [-0.3, -0.25) is 0 Å². The minimum atomic E-state index is -0.301. The average Bonchev–Trinajstić information content (AvgIpc) is 3.17. The number of halogens is 1. The molecule has 5 aromatic carbocycles. The molecule has 7 rings (SSSR count). The van der Waals surface area contributed by atoms with E-state index >= 15 is 0 Å². The smallest absolute Gasteiger partial charge is 0.379 e. The van der Waals surface area contributed by atoms with E-state index in [1.54, 1.807) is 0 Å². The molecule has 0 saturated heterocycles. The first-order valence-electron chi connectivity index (χ1n) is 11.3. The van der Waals surface area contributed by atoms with Gasteiger partial charge in [0.2, 0.25) is 5.69 Å². The maximum atomic E-state index is 13.6. The number of ether oxygens (including phenoxy) is 1. The van der Waals surface area contributed by atoms with Gasteiger partial charge in [0.05, 0.1) is 19.0 Å². The standard InChI is InChI=1S/C29H21N2O2.HI/c1-3-33-29(32)28-27-20-13-5-9-17-8-4-12-19(25(17)20)21(27)16-24-30(2)22-14-6-10-18-11-7-15-23(26(18)22)31(24)28;/h4-16H,3H2,1-2H3;1H/q+1;/p-1. The fourth-order valence-corrected chi connectivity index (χ4v) is 5.65. The minimum Gasteiger partial charge on any atom is -1.00 e. The van der Waals surface area contributed by atoms with Crippen molar-refractivity contribution in [1.29, 1.82) is 0 Å². The molecule has 0 radical (unpaired) electrons. The van der Waals surface area contributed by atoms with Gasteiger partial charge in [-0.15, -0.1) is 0 Å². The number of hydrogen-bond acceptors (Lipinski definition) is 2. The first kappa shape index (κ1) is 21.1. The Labute approximate surface area is 212 Å². The molecule has 0 N–H and O–H groups in total. The van der Waals surface area contributed by atoms with Crippen LogP contribution in [0.3, 0.4) is 0 Å². The van der Waals surface area contributed by atoms with E-state index in [1.807, 2.05) is 6.92 Å². The fraction of sp³-hybridized carbons (Fsp3) is 0.103. The van der Waals surface area contributed by atoms with Gasteiger partial charge in [-0.1, -0.05) is 60.7 Å². The highest BCUT2D eigenvalue weighted by atomic mass is 127. The van der Waals surface area contributed by atoms with E-state index < -0.39 is 0 Å². The number of carbonyl (C=O) groups excluding carboxylic acids is 1. The van der Waals surface area contributed by atoms with Crippen LogP contribution in [0.25, 0.3) is 59.8 Å². The number of carbonyl (C=O) groups is 1. The lowest BCUT2D eigenvalue weighted by Crippen LogP contribution is -3.00. The third-order valence-corrected chi connectivity index (χ3v) is 6.97. The molecule has 0 spiro atoms. The number of rotatable bonds is 2. The van der Waals surface area contributed by atoms with E-state index in [9.17, 15) is 4.79 Å². The normalized spacial score (nSPS) is 11.8. The second-order valence-electron chi connectivity index (χ2n) is 8.62. The number of esters is 1. The van der Waals surface area contributed by atoms with E-state index in [1.165, 1.54) is 10.8 Å². The zero-order valence-corrected chi connectivity index (χ0v) is 21.0. The van der Waals surface area contributed by atoms with Gasteiger partial charge in [0.1, 0.15) is 11.0 Å². The zero-order chi connectivity index (χ0) is 22.3. The Balaban J connectivity index is 0.00000217. The molecule has 0 aliphatic heterocycles. The van der Waals surface area contributed by atoms with Gasteiger partial charge in [0.15, 0.2) is 0 Å². The van der Waals surface area contributed by atoms with E-state index in [2.05, 4.69) is 94.9 Å². The van der Waals surface area contributed by atoms with Crippen LogP contribution in [0.4, 0.5) is 0 Å². The van der Waals surface area contributed by atoms with E-state index in [0.717, 1.165) is 49.0 Å². The van der Waals surface area contributed by atoms with Gasteiger partial charge in [-0.25, -0.2) is 9.36 Å². The third kappa shape index (κ3) is 2.59. The van der Waals surface area contributed by atoms with Crippen molar-refractivity contribution in [1.82, 2.24) is 4.57 Å². The molecule has 5 heteroatoms. The lowest BCUT2D eigenvalue weighted by Gasteiger charge is -2.13. The highest BCUT2D eigenvalue weighted by Gasteiger charge is 2.29. The minimum absolute atomic E-state index is 0. The summed E-state index contributed by atoms with van der Waals surface area (Å²) in [4.78, 5) is 13.6. The number of benzene rings is 4. The molecule has 166 valence electrons. The number of pyridine rings is 1. The Bertz CT molecular complexity index is 1910. The first-order chi connectivity index (χ1) is 16.2. The summed E-state index contributed by atoms with van der Waals surface area (Å²) in [5.41, 5.74) is 3.67. The van der Waals surface area contributed by atoms with Crippen LogP contribution in [0, 0.1) is 0 Å². The van der Waals surface area contributed by atoms with Crippen LogP contribution < -0.4 is 28.4 Å². The third-order valence-electron chi connectivity index (χ3n) is 6.97. The first-order valence-corrected chi connectivity index (χ1v) is 11.3. The maximum absolute atomic E-state index is 13.6. The van der Waals surface area contributed by atoms with Crippen molar-refractivity contribution in [3.63, 3.8) is 0 Å². The van der Waals surface area contributed by atoms with Gasteiger partial charge in [-0.05, 0) is 46.0 Å². The molecule has 0 unspecified atom stereocenters. The summed E-state index contributed by atoms with van der Waals surface area (Å²) >= 11 is 0. The average molecular weight is 556 g/mol. The van der Waals surface area contributed by atoms with Gasteiger partial charge in [0, 0.05) is 16.8 Å². The summed E-state index contributed by atoms with van der Waals surface area (Å²) < 4.78 is 9.93. The number of aryl methyl sites for hydroxylation is 1. The van der Waals surface area contributed by atoms with Crippen molar-refractivity contribution in [2.45, 2.75) is 6.92 Å². The second-order valence-corrected chi connectivity index (χ2v) is 8.62. The van der Waals surface area contributed by atoms with E-state index in [4.69, 9.17) is 4.74 Å². The Morgan fingerprint density at radius 2 is 1.47 bits per heavy atom. The van der Waals surface area contributed by atoms with Crippen molar-refractivity contribution in [2.75, 3.05) is 6.61 Å². The van der Waals surface area contributed by atoms with Crippen LogP contribution in [-0.2, 0) is 11.8 Å². The molecule has 0 saturated carbocycles. The fourth-order valence-electron chi connectivity index (χ4n) is 5.65.